The van der Waals surface area contributed by atoms with Crippen LogP contribution in [0.3, 0.4) is 0 Å². The maximum absolute atomic E-state index is 5.19. The maximum Gasteiger partial charge on any atom is 0.160 e. The Bertz CT molecular complexity index is 549. The molecule has 4 nitrogen and oxygen atoms in total. The fourth-order valence-corrected chi connectivity index (χ4v) is 3.83. The van der Waals surface area contributed by atoms with Crippen LogP contribution in [0.2, 0.25) is 0 Å². The van der Waals surface area contributed by atoms with Gasteiger partial charge < -0.3 is 9.30 Å². The van der Waals surface area contributed by atoms with E-state index in [1.807, 2.05) is 18.3 Å². The molecular formula is C14H19N3OS. The number of hydrogen-bond donors (Lipinski definition) is 0. The molecule has 19 heavy (non-hydrogen) atoms. The van der Waals surface area contributed by atoms with E-state index >= 15 is 0 Å². The van der Waals surface area contributed by atoms with E-state index in [-0.39, 0.29) is 0 Å². The summed E-state index contributed by atoms with van der Waals surface area (Å²) in [5, 5.41) is 0.709. The second-order valence-electron chi connectivity index (χ2n) is 4.86. The summed E-state index contributed by atoms with van der Waals surface area (Å²) in [6.45, 7) is 1.73. The van der Waals surface area contributed by atoms with Gasteiger partial charge in [-0.25, -0.2) is 9.97 Å². The van der Waals surface area contributed by atoms with E-state index in [0.29, 0.717) is 11.9 Å². The molecule has 5 heteroatoms. The Labute approximate surface area is 117 Å². The van der Waals surface area contributed by atoms with Gasteiger partial charge >= 0.3 is 0 Å². The molecule has 1 aliphatic heterocycles. The second-order valence-corrected chi connectivity index (χ2v) is 6.27. The molecule has 1 fully saturated rings. The van der Waals surface area contributed by atoms with Gasteiger partial charge in [0.05, 0.1) is 6.61 Å². The van der Waals surface area contributed by atoms with Crippen LogP contribution < -0.4 is 0 Å². The highest BCUT2D eigenvalue weighted by atomic mass is 32.2. The molecule has 2 aromatic heterocycles. The Kier molecular flexibility index (Phi) is 4.03. The minimum Gasteiger partial charge on any atom is -0.384 e. The van der Waals surface area contributed by atoms with Crippen LogP contribution in [-0.2, 0) is 17.7 Å². The molecule has 0 amide bonds. The summed E-state index contributed by atoms with van der Waals surface area (Å²) in [6, 6.07) is 3.99. The third-order valence-electron chi connectivity index (χ3n) is 3.52. The molecule has 0 saturated carbocycles. The standard InChI is InChI=1S/C14H19N3OS/c1-18-8-6-13-16-12-5-2-7-15-14(12)17(13)10-11-4-3-9-19-11/h2,5,7,11H,3-4,6,8-10H2,1H3. The summed E-state index contributed by atoms with van der Waals surface area (Å²) >= 11 is 2.07. The molecule has 0 aromatic carbocycles. The number of aromatic nitrogens is 3. The number of methoxy groups -OCH3 is 1. The van der Waals surface area contributed by atoms with Gasteiger partial charge in [-0.05, 0) is 30.7 Å². The van der Waals surface area contributed by atoms with Crippen LogP contribution in [0.5, 0.6) is 0 Å². The van der Waals surface area contributed by atoms with E-state index in [4.69, 9.17) is 9.72 Å². The van der Waals surface area contributed by atoms with Gasteiger partial charge in [-0.1, -0.05) is 0 Å². The van der Waals surface area contributed by atoms with Gasteiger partial charge in [-0.3, -0.25) is 0 Å². The summed E-state index contributed by atoms with van der Waals surface area (Å²) in [7, 11) is 1.73. The van der Waals surface area contributed by atoms with E-state index < -0.39 is 0 Å². The first-order valence-electron chi connectivity index (χ1n) is 6.79. The topological polar surface area (TPSA) is 39.9 Å². The van der Waals surface area contributed by atoms with Crippen molar-refractivity contribution in [2.45, 2.75) is 31.1 Å². The first kappa shape index (κ1) is 12.9. The van der Waals surface area contributed by atoms with Gasteiger partial charge in [0, 0.05) is 31.5 Å². The number of nitrogens with zero attached hydrogens (tertiary/aromatic N) is 3. The molecule has 1 atom stereocenters. The van der Waals surface area contributed by atoms with E-state index in [0.717, 1.165) is 30.0 Å². The summed E-state index contributed by atoms with van der Waals surface area (Å²) in [6.07, 6.45) is 5.34. The van der Waals surface area contributed by atoms with Crippen LogP contribution in [0.25, 0.3) is 11.2 Å². The highest BCUT2D eigenvalue weighted by Gasteiger charge is 2.19. The summed E-state index contributed by atoms with van der Waals surface area (Å²) in [5.74, 6) is 2.39. The van der Waals surface area contributed by atoms with Crippen molar-refractivity contribution >= 4 is 22.9 Å². The van der Waals surface area contributed by atoms with Crippen molar-refractivity contribution in [3.05, 3.63) is 24.2 Å². The number of pyridine rings is 1. The number of hydrogen-bond acceptors (Lipinski definition) is 4. The van der Waals surface area contributed by atoms with Gasteiger partial charge in [0.25, 0.3) is 0 Å². The van der Waals surface area contributed by atoms with E-state index in [2.05, 4.69) is 21.3 Å². The average molecular weight is 277 g/mol. The minimum atomic E-state index is 0.709. The Morgan fingerprint density at radius 1 is 1.53 bits per heavy atom. The van der Waals surface area contributed by atoms with E-state index in [1.54, 1.807) is 7.11 Å². The normalized spacial score (nSPS) is 19.3. The van der Waals surface area contributed by atoms with Crippen LogP contribution in [0.4, 0.5) is 0 Å². The van der Waals surface area contributed by atoms with Crippen molar-refractivity contribution in [1.82, 2.24) is 14.5 Å². The van der Waals surface area contributed by atoms with Crippen LogP contribution in [0.15, 0.2) is 18.3 Å². The van der Waals surface area contributed by atoms with E-state index in [1.165, 1.54) is 18.6 Å². The molecule has 0 spiro atoms. The third-order valence-corrected chi connectivity index (χ3v) is 4.90. The Morgan fingerprint density at radius 2 is 2.47 bits per heavy atom. The smallest absolute Gasteiger partial charge is 0.160 e. The predicted octanol–water partition coefficient (Wildman–Crippen LogP) is 2.52. The molecule has 1 unspecified atom stereocenters. The highest BCUT2D eigenvalue weighted by molar-refractivity contribution is 8.00. The molecule has 0 N–H and O–H groups in total. The van der Waals surface area contributed by atoms with Gasteiger partial charge in [0.2, 0.25) is 0 Å². The second kappa shape index (κ2) is 5.92. The lowest BCUT2D eigenvalue weighted by atomic mass is 10.2. The van der Waals surface area contributed by atoms with E-state index in [9.17, 15) is 0 Å². The maximum atomic E-state index is 5.19. The first-order valence-corrected chi connectivity index (χ1v) is 7.84. The molecule has 102 valence electrons. The molecule has 3 heterocycles. The van der Waals surface area contributed by atoms with Crippen LogP contribution in [0, 0.1) is 0 Å². The van der Waals surface area contributed by atoms with Gasteiger partial charge in [-0.2, -0.15) is 11.8 Å². The number of fused-ring (bicyclic) bond motifs is 1. The molecular weight excluding hydrogens is 258 g/mol. The van der Waals surface area contributed by atoms with Gasteiger partial charge in [0.1, 0.15) is 11.3 Å². The third kappa shape index (κ3) is 2.77. The fraction of sp³-hybridized carbons (Fsp3) is 0.571. The molecule has 0 aliphatic carbocycles. The largest absolute Gasteiger partial charge is 0.384 e. The van der Waals surface area contributed by atoms with Crippen LogP contribution in [0.1, 0.15) is 18.7 Å². The molecule has 2 aromatic rings. The fourth-order valence-electron chi connectivity index (χ4n) is 2.57. The van der Waals surface area contributed by atoms with Crippen molar-refractivity contribution < 1.29 is 4.74 Å². The zero-order valence-corrected chi connectivity index (χ0v) is 12.0. The predicted molar refractivity (Wildman–Crippen MR) is 78.6 cm³/mol. The average Bonchev–Trinajstić information content (AvgIpc) is 3.06. The van der Waals surface area contributed by atoms with Crippen molar-refractivity contribution in [3.8, 4) is 0 Å². The molecule has 0 radical (unpaired) electrons. The molecule has 1 saturated heterocycles. The zero-order chi connectivity index (χ0) is 13.1. The Hall–Kier alpha value is -1.07. The lowest BCUT2D eigenvalue weighted by Gasteiger charge is -2.13. The summed E-state index contributed by atoms with van der Waals surface area (Å²) in [4.78, 5) is 9.21. The van der Waals surface area contributed by atoms with Crippen molar-refractivity contribution in [2.75, 3.05) is 19.5 Å². The number of rotatable bonds is 5. The Morgan fingerprint density at radius 3 is 3.26 bits per heavy atom. The number of imidazole rings is 1. The lowest BCUT2D eigenvalue weighted by Crippen LogP contribution is -2.14. The molecule has 0 bridgehead atoms. The van der Waals surface area contributed by atoms with Crippen LogP contribution in [-0.4, -0.2) is 39.3 Å². The quantitative estimate of drug-likeness (QED) is 0.842. The van der Waals surface area contributed by atoms with Crippen molar-refractivity contribution in [2.24, 2.45) is 0 Å². The number of thioether (sulfide) groups is 1. The zero-order valence-electron chi connectivity index (χ0n) is 11.2. The minimum absolute atomic E-state index is 0.709. The molecule has 3 rings (SSSR count). The Balaban J connectivity index is 1.92. The molecule has 1 aliphatic rings. The monoisotopic (exact) mass is 277 g/mol. The first-order chi connectivity index (χ1) is 9.38. The van der Waals surface area contributed by atoms with Gasteiger partial charge in [-0.15, -0.1) is 0 Å². The number of ether oxygens (including phenoxy) is 1. The van der Waals surface area contributed by atoms with Gasteiger partial charge in [0.15, 0.2) is 5.65 Å². The summed E-state index contributed by atoms with van der Waals surface area (Å²) < 4.78 is 7.48. The van der Waals surface area contributed by atoms with Crippen molar-refractivity contribution in [1.29, 1.82) is 0 Å². The SMILES string of the molecule is COCCc1nc2cccnc2n1CC1CCCS1. The van der Waals surface area contributed by atoms with Crippen molar-refractivity contribution in [3.63, 3.8) is 0 Å². The highest BCUT2D eigenvalue weighted by Crippen LogP contribution is 2.29. The lowest BCUT2D eigenvalue weighted by molar-refractivity contribution is 0.199. The summed E-state index contributed by atoms with van der Waals surface area (Å²) in [5.41, 5.74) is 2.01. The van der Waals surface area contributed by atoms with Crippen LogP contribution >= 0.6 is 11.8 Å².